The zero-order chi connectivity index (χ0) is 16.9. The molecule has 0 aliphatic heterocycles. The summed E-state index contributed by atoms with van der Waals surface area (Å²) < 4.78 is 5.10. The summed E-state index contributed by atoms with van der Waals surface area (Å²) in [5, 5.41) is 0. The third-order valence-electron chi connectivity index (χ3n) is 4.63. The third-order valence-corrected chi connectivity index (χ3v) is 4.63. The largest absolute Gasteiger partial charge is 0.466 e. The molecule has 124 valence electrons. The number of esters is 1. The first-order chi connectivity index (χ1) is 11.7. The second kappa shape index (κ2) is 7.43. The Bertz CT molecular complexity index is 704. The van der Waals surface area contributed by atoms with Crippen LogP contribution in [0.3, 0.4) is 0 Å². The van der Waals surface area contributed by atoms with Gasteiger partial charge in [0.15, 0.2) is 0 Å². The van der Waals surface area contributed by atoms with Gasteiger partial charge in [-0.05, 0) is 36.0 Å². The molecule has 1 fully saturated rings. The Morgan fingerprint density at radius 3 is 2.33 bits per heavy atom. The molecule has 0 saturated heterocycles. The Balaban J connectivity index is 1.76. The summed E-state index contributed by atoms with van der Waals surface area (Å²) in [4.78, 5) is 24.0. The van der Waals surface area contributed by atoms with E-state index in [4.69, 9.17) is 4.74 Å². The SMILES string of the molecule is CCOC(=O)C1CC(=O)CC(c2ccc(-c3ccccc3)cc2)C1. The first-order valence-corrected chi connectivity index (χ1v) is 8.51. The van der Waals surface area contributed by atoms with Crippen molar-refractivity contribution in [3.63, 3.8) is 0 Å². The van der Waals surface area contributed by atoms with Gasteiger partial charge < -0.3 is 4.74 Å². The molecule has 0 aromatic heterocycles. The van der Waals surface area contributed by atoms with Gasteiger partial charge >= 0.3 is 5.97 Å². The smallest absolute Gasteiger partial charge is 0.309 e. The molecule has 2 atom stereocenters. The normalized spacial score (nSPS) is 20.6. The number of ether oxygens (including phenoxy) is 1. The summed E-state index contributed by atoms with van der Waals surface area (Å²) in [6, 6.07) is 18.5. The van der Waals surface area contributed by atoms with Crippen molar-refractivity contribution in [2.75, 3.05) is 6.61 Å². The predicted molar refractivity (Wildman–Crippen MR) is 93.6 cm³/mol. The van der Waals surface area contributed by atoms with Crippen LogP contribution in [0.15, 0.2) is 54.6 Å². The van der Waals surface area contributed by atoms with E-state index in [1.54, 1.807) is 6.92 Å². The number of rotatable bonds is 4. The van der Waals surface area contributed by atoms with Crippen LogP contribution in [0.2, 0.25) is 0 Å². The standard InChI is InChI=1S/C21H22O3/c1-2-24-21(23)19-12-18(13-20(22)14-19)17-10-8-16(9-11-17)15-6-4-3-5-7-15/h3-11,18-19H,2,12-14H2,1H3. The van der Waals surface area contributed by atoms with Crippen LogP contribution >= 0.6 is 0 Å². The fourth-order valence-electron chi connectivity index (χ4n) is 3.42. The Morgan fingerprint density at radius 2 is 1.67 bits per heavy atom. The molecule has 3 nitrogen and oxygen atoms in total. The van der Waals surface area contributed by atoms with Crippen molar-refractivity contribution in [3.8, 4) is 11.1 Å². The molecule has 1 aliphatic carbocycles. The highest BCUT2D eigenvalue weighted by Crippen LogP contribution is 2.35. The molecule has 0 spiro atoms. The average molecular weight is 322 g/mol. The minimum absolute atomic E-state index is 0.102. The van der Waals surface area contributed by atoms with Crippen LogP contribution in [-0.4, -0.2) is 18.4 Å². The molecular formula is C21H22O3. The maximum atomic E-state index is 12.0. The van der Waals surface area contributed by atoms with E-state index in [9.17, 15) is 9.59 Å². The molecule has 0 amide bonds. The van der Waals surface area contributed by atoms with Crippen molar-refractivity contribution in [1.82, 2.24) is 0 Å². The fraction of sp³-hybridized carbons (Fsp3) is 0.333. The number of Topliss-reactive ketones (excluding diaryl/α,β-unsaturated/α-hetero) is 1. The van der Waals surface area contributed by atoms with Crippen LogP contribution in [0.5, 0.6) is 0 Å². The van der Waals surface area contributed by atoms with E-state index in [0.717, 1.165) is 11.1 Å². The molecule has 2 aromatic rings. The minimum atomic E-state index is -0.301. The summed E-state index contributed by atoms with van der Waals surface area (Å²) >= 11 is 0. The number of hydrogen-bond acceptors (Lipinski definition) is 3. The maximum absolute atomic E-state index is 12.0. The number of carbonyl (C=O) groups is 2. The number of benzene rings is 2. The van der Waals surface area contributed by atoms with E-state index in [1.807, 2.05) is 18.2 Å². The predicted octanol–water partition coefficient (Wildman–Crippen LogP) is 4.37. The summed E-state index contributed by atoms with van der Waals surface area (Å²) in [6.07, 6.45) is 1.52. The maximum Gasteiger partial charge on any atom is 0.309 e. The van der Waals surface area contributed by atoms with Gasteiger partial charge in [-0.2, -0.15) is 0 Å². The zero-order valence-corrected chi connectivity index (χ0v) is 13.9. The van der Waals surface area contributed by atoms with Crippen LogP contribution < -0.4 is 0 Å². The number of ketones is 1. The number of carbonyl (C=O) groups excluding carboxylic acids is 2. The monoisotopic (exact) mass is 322 g/mol. The topological polar surface area (TPSA) is 43.4 Å². The van der Waals surface area contributed by atoms with Gasteiger partial charge in [-0.1, -0.05) is 54.6 Å². The third kappa shape index (κ3) is 3.73. The molecule has 0 heterocycles. The quantitative estimate of drug-likeness (QED) is 0.785. The molecular weight excluding hydrogens is 300 g/mol. The van der Waals surface area contributed by atoms with Crippen LogP contribution in [0, 0.1) is 5.92 Å². The fourth-order valence-corrected chi connectivity index (χ4v) is 3.42. The second-order valence-electron chi connectivity index (χ2n) is 6.32. The van der Waals surface area contributed by atoms with Crippen LogP contribution in [-0.2, 0) is 14.3 Å². The van der Waals surface area contributed by atoms with Gasteiger partial charge in [0.1, 0.15) is 5.78 Å². The van der Waals surface area contributed by atoms with E-state index in [2.05, 4.69) is 36.4 Å². The Kier molecular flexibility index (Phi) is 5.09. The minimum Gasteiger partial charge on any atom is -0.466 e. The van der Waals surface area contributed by atoms with Gasteiger partial charge in [-0.25, -0.2) is 0 Å². The number of hydrogen-bond donors (Lipinski definition) is 0. The highest BCUT2D eigenvalue weighted by atomic mass is 16.5. The van der Waals surface area contributed by atoms with E-state index in [1.165, 1.54) is 5.56 Å². The Morgan fingerprint density at radius 1 is 1.00 bits per heavy atom. The second-order valence-corrected chi connectivity index (χ2v) is 6.32. The molecule has 3 rings (SSSR count). The summed E-state index contributed by atoms with van der Waals surface area (Å²) in [5.74, 6) is -0.289. The van der Waals surface area contributed by atoms with E-state index < -0.39 is 0 Å². The van der Waals surface area contributed by atoms with E-state index in [-0.39, 0.29) is 23.6 Å². The van der Waals surface area contributed by atoms with Crippen molar-refractivity contribution in [2.24, 2.45) is 5.92 Å². The summed E-state index contributed by atoms with van der Waals surface area (Å²) in [6.45, 7) is 2.16. The van der Waals surface area contributed by atoms with Crippen LogP contribution in [0.1, 0.15) is 37.7 Å². The lowest BCUT2D eigenvalue weighted by Crippen LogP contribution is -2.28. The molecule has 0 N–H and O–H groups in total. The van der Waals surface area contributed by atoms with Crippen LogP contribution in [0.25, 0.3) is 11.1 Å². The molecule has 0 radical (unpaired) electrons. The van der Waals surface area contributed by atoms with Gasteiger partial charge in [0.25, 0.3) is 0 Å². The van der Waals surface area contributed by atoms with Crippen molar-refractivity contribution >= 4 is 11.8 Å². The lowest BCUT2D eigenvalue weighted by molar-refractivity contribution is -0.151. The van der Waals surface area contributed by atoms with Gasteiger partial charge in [0, 0.05) is 12.8 Å². The van der Waals surface area contributed by atoms with Crippen molar-refractivity contribution in [2.45, 2.75) is 32.1 Å². The van der Waals surface area contributed by atoms with Crippen molar-refractivity contribution in [3.05, 3.63) is 60.2 Å². The van der Waals surface area contributed by atoms with Crippen molar-refractivity contribution in [1.29, 1.82) is 0 Å². The summed E-state index contributed by atoms with van der Waals surface area (Å²) in [7, 11) is 0. The van der Waals surface area contributed by atoms with Gasteiger partial charge in [-0.3, -0.25) is 9.59 Å². The summed E-state index contributed by atoms with van der Waals surface area (Å²) in [5.41, 5.74) is 3.45. The lowest BCUT2D eigenvalue weighted by Gasteiger charge is -2.27. The van der Waals surface area contributed by atoms with Gasteiger partial charge in [0.05, 0.1) is 12.5 Å². The zero-order valence-electron chi connectivity index (χ0n) is 13.9. The lowest BCUT2D eigenvalue weighted by atomic mass is 9.77. The van der Waals surface area contributed by atoms with E-state index in [0.29, 0.717) is 25.9 Å². The first kappa shape index (κ1) is 16.4. The van der Waals surface area contributed by atoms with Crippen LogP contribution in [0.4, 0.5) is 0 Å². The molecule has 2 unspecified atom stereocenters. The highest BCUT2D eigenvalue weighted by molar-refractivity contribution is 5.86. The molecule has 3 heteroatoms. The highest BCUT2D eigenvalue weighted by Gasteiger charge is 2.33. The molecule has 1 saturated carbocycles. The van der Waals surface area contributed by atoms with E-state index >= 15 is 0 Å². The first-order valence-electron chi connectivity index (χ1n) is 8.51. The Labute approximate surface area is 142 Å². The van der Waals surface area contributed by atoms with Gasteiger partial charge in [0.2, 0.25) is 0 Å². The van der Waals surface area contributed by atoms with Gasteiger partial charge in [-0.15, -0.1) is 0 Å². The van der Waals surface area contributed by atoms with Crippen molar-refractivity contribution < 1.29 is 14.3 Å². The average Bonchev–Trinajstić information content (AvgIpc) is 2.62. The Hall–Kier alpha value is -2.42. The molecule has 24 heavy (non-hydrogen) atoms. The molecule has 1 aliphatic rings. The molecule has 2 aromatic carbocycles. The molecule has 0 bridgehead atoms.